The van der Waals surface area contributed by atoms with Crippen LogP contribution in [0.25, 0.3) is 0 Å². The minimum atomic E-state index is -1.17. The number of benzene rings is 2. The summed E-state index contributed by atoms with van der Waals surface area (Å²) in [5.41, 5.74) is 0.818. The first-order chi connectivity index (χ1) is 9.09. The van der Waals surface area contributed by atoms with Gasteiger partial charge in [0, 0.05) is 5.56 Å². The van der Waals surface area contributed by atoms with Crippen molar-refractivity contribution in [3.05, 3.63) is 65.2 Å². The van der Waals surface area contributed by atoms with Gasteiger partial charge in [0.05, 0.1) is 18.7 Å². The van der Waals surface area contributed by atoms with Crippen LogP contribution in [0.5, 0.6) is 5.75 Å². The number of nitrogens with zero attached hydrogens (tertiary/aromatic N) is 1. The van der Waals surface area contributed by atoms with Gasteiger partial charge >= 0.3 is 0 Å². The van der Waals surface area contributed by atoms with Crippen LogP contribution in [0.3, 0.4) is 0 Å². The van der Waals surface area contributed by atoms with E-state index in [0.717, 1.165) is 5.56 Å². The van der Waals surface area contributed by atoms with Crippen LogP contribution in [-0.4, -0.2) is 12.2 Å². The second-order valence-electron chi connectivity index (χ2n) is 4.46. The standard InChI is InChI=1S/C16H15NO2/c1-16(18,13-9-7-12(11-17)8-10-13)14-5-3-4-6-15(14)19-2/h3-10,18H,1-2H3. The van der Waals surface area contributed by atoms with E-state index in [0.29, 0.717) is 16.9 Å². The number of methoxy groups -OCH3 is 1. The molecule has 0 aliphatic heterocycles. The molecule has 96 valence electrons. The molecule has 2 aromatic carbocycles. The summed E-state index contributed by atoms with van der Waals surface area (Å²) >= 11 is 0. The Kier molecular flexibility index (Phi) is 3.55. The van der Waals surface area contributed by atoms with E-state index in [1.807, 2.05) is 24.3 Å². The SMILES string of the molecule is COc1ccccc1C(C)(O)c1ccc(C#N)cc1. The Morgan fingerprint density at radius 1 is 1.11 bits per heavy atom. The number of nitriles is 1. The quantitative estimate of drug-likeness (QED) is 0.915. The molecule has 1 atom stereocenters. The Hall–Kier alpha value is -2.31. The molecule has 0 bridgehead atoms. The van der Waals surface area contributed by atoms with E-state index in [1.165, 1.54) is 0 Å². The summed E-state index contributed by atoms with van der Waals surface area (Å²) in [6, 6.07) is 16.3. The largest absolute Gasteiger partial charge is 0.496 e. The van der Waals surface area contributed by atoms with Crippen LogP contribution in [0.4, 0.5) is 0 Å². The van der Waals surface area contributed by atoms with Crippen molar-refractivity contribution in [1.29, 1.82) is 5.26 Å². The minimum absolute atomic E-state index is 0.569. The number of ether oxygens (including phenoxy) is 1. The van der Waals surface area contributed by atoms with E-state index < -0.39 is 5.60 Å². The lowest BCUT2D eigenvalue weighted by Gasteiger charge is -2.26. The third-order valence-electron chi connectivity index (χ3n) is 3.21. The molecule has 0 aliphatic rings. The molecule has 0 heterocycles. The number of para-hydroxylation sites is 1. The van der Waals surface area contributed by atoms with Crippen LogP contribution in [0.1, 0.15) is 23.6 Å². The molecule has 1 N–H and O–H groups in total. The lowest BCUT2D eigenvalue weighted by atomic mass is 9.87. The van der Waals surface area contributed by atoms with Crippen LogP contribution >= 0.6 is 0 Å². The predicted octanol–water partition coefficient (Wildman–Crippen LogP) is 2.82. The highest BCUT2D eigenvalue weighted by Crippen LogP contribution is 2.35. The van der Waals surface area contributed by atoms with Gasteiger partial charge in [-0.2, -0.15) is 5.26 Å². The zero-order valence-electron chi connectivity index (χ0n) is 10.9. The summed E-state index contributed by atoms with van der Waals surface area (Å²) in [5.74, 6) is 0.636. The first-order valence-electron chi connectivity index (χ1n) is 5.96. The van der Waals surface area contributed by atoms with Gasteiger partial charge in [-0.25, -0.2) is 0 Å². The third kappa shape index (κ3) is 2.44. The fourth-order valence-corrected chi connectivity index (χ4v) is 2.07. The van der Waals surface area contributed by atoms with E-state index in [9.17, 15) is 5.11 Å². The van der Waals surface area contributed by atoms with E-state index in [-0.39, 0.29) is 0 Å². The molecule has 19 heavy (non-hydrogen) atoms. The molecule has 1 unspecified atom stereocenters. The zero-order chi connectivity index (χ0) is 13.9. The highest BCUT2D eigenvalue weighted by Gasteiger charge is 2.28. The van der Waals surface area contributed by atoms with Crippen molar-refractivity contribution in [2.75, 3.05) is 7.11 Å². The summed E-state index contributed by atoms with van der Waals surface area (Å²) < 4.78 is 5.29. The molecule has 0 amide bonds. The molecular formula is C16H15NO2. The van der Waals surface area contributed by atoms with E-state index in [2.05, 4.69) is 6.07 Å². The maximum Gasteiger partial charge on any atom is 0.125 e. The summed E-state index contributed by atoms with van der Waals surface area (Å²) in [5, 5.41) is 19.6. The van der Waals surface area contributed by atoms with Crippen molar-refractivity contribution in [3.8, 4) is 11.8 Å². The van der Waals surface area contributed by atoms with Crippen LogP contribution in [0.2, 0.25) is 0 Å². The number of aliphatic hydroxyl groups is 1. The van der Waals surface area contributed by atoms with E-state index >= 15 is 0 Å². The van der Waals surface area contributed by atoms with Gasteiger partial charge in [-0.3, -0.25) is 0 Å². The molecule has 0 saturated heterocycles. The second-order valence-corrected chi connectivity index (χ2v) is 4.46. The molecule has 2 aromatic rings. The molecule has 0 saturated carbocycles. The highest BCUT2D eigenvalue weighted by molar-refractivity contribution is 5.45. The normalized spacial score (nSPS) is 13.4. The Morgan fingerprint density at radius 3 is 2.32 bits per heavy atom. The smallest absolute Gasteiger partial charge is 0.125 e. The first kappa shape index (κ1) is 13.1. The van der Waals surface area contributed by atoms with Gasteiger partial charge in [0.2, 0.25) is 0 Å². The Balaban J connectivity index is 2.48. The minimum Gasteiger partial charge on any atom is -0.496 e. The first-order valence-corrected chi connectivity index (χ1v) is 5.96. The van der Waals surface area contributed by atoms with Gasteiger partial charge in [-0.1, -0.05) is 30.3 Å². The monoisotopic (exact) mass is 253 g/mol. The molecule has 3 nitrogen and oxygen atoms in total. The molecule has 2 rings (SSSR count). The van der Waals surface area contributed by atoms with E-state index in [4.69, 9.17) is 10.00 Å². The number of rotatable bonds is 3. The molecule has 0 spiro atoms. The fraction of sp³-hybridized carbons (Fsp3) is 0.188. The van der Waals surface area contributed by atoms with Gasteiger partial charge in [0.25, 0.3) is 0 Å². The molecule has 0 fully saturated rings. The van der Waals surface area contributed by atoms with Crippen molar-refractivity contribution in [2.24, 2.45) is 0 Å². The molecule has 0 radical (unpaired) electrons. The summed E-state index contributed by atoms with van der Waals surface area (Å²) in [6.45, 7) is 1.71. The number of hydrogen-bond donors (Lipinski definition) is 1. The van der Waals surface area contributed by atoms with Crippen LogP contribution in [0, 0.1) is 11.3 Å². The van der Waals surface area contributed by atoms with Crippen molar-refractivity contribution in [1.82, 2.24) is 0 Å². The Labute approximate surface area is 112 Å². The lowest BCUT2D eigenvalue weighted by molar-refractivity contribution is 0.0989. The zero-order valence-corrected chi connectivity index (χ0v) is 10.9. The average Bonchev–Trinajstić information content (AvgIpc) is 2.47. The maximum atomic E-state index is 10.8. The van der Waals surface area contributed by atoms with Crippen LogP contribution < -0.4 is 4.74 Å². The van der Waals surface area contributed by atoms with Crippen molar-refractivity contribution in [3.63, 3.8) is 0 Å². The summed E-state index contributed by atoms with van der Waals surface area (Å²) in [4.78, 5) is 0. The predicted molar refractivity (Wildman–Crippen MR) is 72.8 cm³/mol. The molecule has 3 heteroatoms. The molecule has 0 aliphatic carbocycles. The topological polar surface area (TPSA) is 53.2 Å². The van der Waals surface area contributed by atoms with Gasteiger partial charge in [-0.15, -0.1) is 0 Å². The van der Waals surface area contributed by atoms with Crippen LogP contribution in [-0.2, 0) is 5.60 Å². The van der Waals surface area contributed by atoms with Gasteiger partial charge in [-0.05, 0) is 30.7 Å². The molecule has 0 aromatic heterocycles. The summed E-state index contributed by atoms with van der Waals surface area (Å²) in [6.07, 6.45) is 0. The second kappa shape index (κ2) is 5.13. The van der Waals surface area contributed by atoms with Gasteiger partial charge < -0.3 is 9.84 Å². The van der Waals surface area contributed by atoms with Crippen molar-refractivity contribution < 1.29 is 9.84 Å². The van der Waals surface area contributed by atoms with Gasteiger partial charge in [0.15, 0.2) is 0 Å². The van der Waals surface area contributed by atoms with Crippen molar-refractivity contribution >= 4 is 0 Å². The van der Waals surface area contributed by atoms with Gasteiger partial charge in [0.1, 0.15) is 11.4 Å². The lowest BCUT2D eigenvalue weighted by Crippen LogP contribution is -2.23. The Morgan fingerprint density at radius 2 is 1.74 bits per heavy atom. The number of hydrogen-bond acceptors (Lipinski definition) is 3. The maximum absolute atomic E-state index is 10.8. The fourth-order valence-electron chi connectivity index (χ4n) is 2.07. The van der Waals surface area contributed by atoms with E-state index in [1.54, 1.807) is 38.3 Å². The van der Waals surface area contributed by atoms with Crippen molar-refractivity contribution in [2.45, 2.75) is 12.5 Å². The molecular weight excluding hydrogens is 238 g/mol. The third-order valence-corrected chi connectivity index (χ3v) is 3.21. The average molecular weight is 253 g/mol. The van der Waals surface area contributed by atoms with Crippen LogP contribution in [0.15, 0.2) is 48.5 Å². The summed E-state index contributed by atoms with van der Waals surface area (Å²) in [7, 11) is 1.58. The highest BCUT2D eigenvalue weighted by atomic mass is 16.5. The Bertz CT molecular complexity index is 609.